The van der Waals surface area contributed by atoms with Crippen LogP contribution in [0.15, 0.2) is 24.3 Å². The molecule has 3 rings (SSSR count). The molecular formula is C19H27N3O3. The number of likely N-dealkylation sites (tertiary alicyclic amines) is 1. The average Bonchev–Trinajstić information content (AvgIpc) is 2.94. The number of nitrogens with zero attached hydrogens (tertiary/aromatic N) is 1. The van der Waals surface area contributed by atoms with Crippen LogP contribution in [0.5, 0.6) is 0 Å². The summed E-state index contributed by atoms with van der Waals surface area (Å²) >= 11 is 0. The maximum atomic E-state index is 12.8. The lowest BCUT2D eigenvalue weighted by atomic mass is 9.88. The summed E-state index contributed by atoms with van der Waals surface area (Å²) in [5.74, 6) is -0.0898. The van der Waals surface area contributed by atoms with E-state index in [2.05, 4.69) is 24.7 Å². The zero-order chi connectivity index (χ0) is 18.0. The minimum Gasteiger partial charge on any atom is -0.478 e. The maximum Gasteiger partial charge on any atom is 0.335 e. The number of carboxylic acids is 1. The molecule has 0 saturated carbocycles. The lowest BCUT2D eigenvalue weighted by Crippen LogP contribution is -2.41. The Bertz CT molecular complexity index is 621. The summed E-state index contributed by atoms with van der Waals surface area (Å²) in [6.07, 6.45) is 2.59. The smallest absolute Gasteiger partial charge is 0.335 e. The summed E-state index contributed by atoms with van der Waals surface area (Å²) in [5, 5.41) is 9.02. The molecule has 3 atom stereocenters. The van der Waals surface area contributed by atoms with Crippen molar-refractivity contribution in [3.8, 4) is 0 Å². The predicted octanol–water partition coefficient (Wildman–Crippen LogP) is 1.98. The van der Waals surface area contributed by atoms with Gasteiger partial charge in [-0.15, -0.1) is 0 Å². The van der Waals surface area contributed by atoms with Gasteiger partial charge >= 0.3 is 5.97 Å². The molecular weight excluding hydrogens is 318 g/mol. The minimum atomic E-state index is -0.908. The zero-order valence-corrected chi connectivity index (χ0v) is 14.9. The first kappa shape index (κ1) is 17.9. The molecule has 2 fully saturated rings. The zero-order valence-electron chi connectivity index (χ0n) is 14.9. The topological polar surface area (TPSA) is 81.7 Å². The van der Waals surface area contributed by atoms with Crippen LogP contribution >= 0.6 is 0 Å². The molecule has 0 bridgehead atoms. The molecule has 6 heteroatoms. The number of rotatable bonds is 4. The Morgan fingerprint density at radius 1 is 1.16 bits per heavy atom. The summed E-state index contributed by atoms with van der Waals surface area (Å²) in [7, 11) is 0. The van der Waals surface area contributed by atoms with Gasteiger partial charge in [-0.25, -0.2) is 4.79 Å². The fourth-order valence-corrected chi connectivity index (χ4v) is 3.97. The van der Waals surface area contributed by atoms with Crippen molar-refractivity contribution in [1.29, 1.82) is 0 Å². The van der Waals surface area contributed by atoms with Gasteiger partial charge < -0.3 is 10.0 Å². The lowest BCUT2D eigenvalue weighted by Gasteiger charge is -2.34. The van der Waals surface area contributed by atoms with E-state index in [1.807, 2.05) is 17.0 Å². The van der Waals surface area contributed by atoms with Crippen molar-refractivity contribution in [2.24, 2.45) is 5.92 Å². The normalized spacial score (nSPS) is 29.6. The molecule has 2 aliphatic heterocycles. The SMILES string of the molecule is CC1NNC(C)C1CC(=O)N1CCCC(c2ccc(C(=O)O)cc2)C1. The van der Waals surface area contributed by atoms with E-state index in [1.165, 1.54) is 0 Å². The standard InChI is InChI=1S/C19H27N3O3/c1-12-17(13(2)21-20-12)10-18(23)22-9-3-4-16(11-22)14-5-7-15(8-6-14)19(24)25/h5-8,12-13,16-17,20-21H,3-4,9-11H2,1-2H3,(H,24,25). The largest absolute Gasteiger partial charge is 0.478 e. The summed E-state index contributed by atoms with van der Waals surface area (Å²) in [6, 6.07) is 7.66. The van der Waals surface area contributed by atoms with Gasteiger partial charge in [0.15, 0.2) is 0 Å². The van der Waals surface area contributed by atoms with Crippen LogP contribution in [0.4, 0.5) is 0 Å². The van der Waals surface area contributed by atoms with Gasteiger partial charge in [0.1, 0.15) is 0 Å². The van der Waals surface area contributed by atoms with Crippen LogP contribution in [0.3, 0.4) is 0 Å². The van der Waals surface area contributed by atoms with Crippen LogP contribution in [-0.2, 0) is 4.79 Å². The Labute approximate surface area is 148 Å². The van der Waals surface area contributed by atoms with E-state index in [0.717, 1.165) is 31.5 Å². The lowest BCUT2D eigenvalue weighted by molar-refractivity contribution is -0.133. The minimum absolute atomic E-state index is 0.223. The second-order valence-corrected chi connectivity index (χ2v) is 7.34. The number of nitrogens with one attached hydrogen (secondary N) is 2. The summed E-state index contributed by atoms with van der Waals surface area (Å²) in [5.41, 5.74) is 7.84. The Hall–Kier alpha value is -1.92. The number of hydrogen-bond acceptors (Lipinski definition) is 4. The highest BCUT2D eigenvalue weighted by Gasteiger charge is 2.34. The highest BCUT2D eigenvalue weighted by Crippen LogP contribution is 2.28. The average molecular weight is 345 g/mol. The molecule has 1 amide bonds. The van der Waals surface area contributed by atoms with Crippen molar-refractivity contribution in [2.75, 3.05) is 13.1 Å². The van der Waals surface area contributed by atoms with Gasteiger partial charge in [-0.3, -0.25) is 15.6 Å². The molecule has 1 aromatic rings. The Balaban J connectivity index is 1.62. The molecule has 0 aliphatic carbocycles. The third-order valence-corrected chi connectivity index (χ3v) is 5.64. The molecule has 6 nitrogen and oxygen atoms in total. The number of carbonyl (C=O) groups is 2. The van der Waals surface area contributed by atoms with E-state index < -0.39 is 5.97 Å². The van der Waals surface area contributed by atoms with Gasteiger partial charge in [0.05, 0.1) is 5.56 Å². The molecule has 2 heterocycles. The van der Waals surface area contributed by atoms with Gasteiger partial charge in [-0.05, 0) is 44.4 Å². The molecule has 0 spiro atoms. The number of amides is 1. The molecule has 3 N–H and O–H groups in total. The first-order valence-electron chi connectivity index (χ1n) is 9.07. The number of carbonyl (C=O) groups excluding carboxylic acids is 1. The van der Waals surface area contributed by atoms with Crippen LogP contribution in [0.2, 0.25) is 0 Å². The fourth-order valence-electron chi connectivity index (χ4n) is 3.97. The van der Waals surface area contributed by atoms with Gasteiger partial charge in [0, 0.05) is 43.4 Å². The summed E-state index contributed by atoms with van der Waals surface area (Å²) in [6.45, 7) is 5.76. The number of hydrazine groups is 1. The summed E-state index contributed by atoms with van der Waals surface area (Å²) in [4.78, 5) is 25.7. The second-order valence-electron chi connectivity index (χ2n) is 7.34. The van der Waals surface area contributed by atoms with Crippen molar-refractivity contribution >= 4 is 11.9 Å². The molecule has 3 unspecified atom stereocenters. The van der Waals surface area contributed by atoms with Crippen LogP contribution in [0, 0.1) is 5.92 Å². The Morgan fingerprint density at radius 2 is 1.80 bits per heavy atom. The van der Waals surface area contributed by atoms with Crippen molar-refractivity contribution in [3.63, 3.8) is 0 Å². The number of piperidine rings is 1. The number of aromatic carboxylic acids is 1. The van der Waals surface area contributed by atoms with Gasteiger partial charge in [0.2, 0.25) is 5.91 Å². The highest BCUT2D eigenvalue weighted by atomic mass is 16.4. The van der Waals surface area contributed by atoms with Crippen LogP contribution in [0.1, 0.15) is 54.9 Å². The quantitative estimate of drug-likeness (QED) is 0.777. The fraction of sp³-hybridized carbons (Fsp3) is 0.579. The predicted molar refractivity (Wildman–Crippen MR) is 95.3 cm³/mol. The van der Waals surface area contributed by atoms with E-state index in [1.54, 1.807) is 12.1 Å². The maximum absolute atomic E-state index is 12.8. The van der Waals surface area contributed by atoms with Crippen LogP contribution < -0.4 is 10.9 Å². The van der Waals surface area contributed by atoms with E-state index in [-0.39, 0.29) is 11.8 Å². The molecule has 2 saturated heterocycles. The molecule has 0 radical (unpaired) electrons. The molecule has 2 aliphatic rings. The number of carboxylic acid groups (broad SMARTS) is 1. The highest BCUT2D eigenvalue weighted by molar-refractivity contribution is 5.87. The van der Waals surface area contributed by atoms with Gasteiger partial charge in [-0.1, -0.05) is 12.1 Å². The third kappa shape index (κ3) is 4.02. The van der Waals surface area contributed by atoms with E-state index in [9.17, 15) is 9.59 Å². The van der Waals surface area contributed by atoms with Crippen molar-refractivity contribution in [3.05, 3.63) is 35.4 Å². The second kappa shape index (κ2) is 7.54. The Kier molecular flexibility index (Phi) is 5.39. The molecule has 1 aromatic carbocycles. The number of benzene rings is 1. The first-order chi connectivity index (χ1) is 12.0. The van der Waals surface area contributed by atoms with Crippen LogP contribution in [0.25, 0.3) is 0 Å². The van der Waals surface area contributed by atoms with Crippen molar-refractivity contribution in [1.82, 2.24) is 15.8 Å². The Morgan fingerprint density at radius 3 is 2.40 bits per heavy atom. The van der Waals surface area contributed by atoms with Crippen LogP contribution in [-0.4, -0.2) is 47.1 Å². The first-order valence-corrected chi connectivity index (χ1v) is 9.07. The molecule has 136 valence electrons. The van der Waals surface area contributed by atoms with Gasteiger partial charge in [0.25, 0.3) is 0 Å². The van der Waals surface area contributed by atoms with E-state index in [0.29, 0.717) is 30.0 Å². The van der Waals surface area contributed by atoms with Gasteiger partial charge in [-0.2, -0.15) is 0 Å². The molecule has 0 aromatic heterocycles. The monoisotopic (exact) mass is 345 g/mol. The number of hydrogen-bond donors (Lipinski definition) is 3. The van der Waals surface area contributed by atoms with E-state index >= 15 is 0 Å². The molecule has 25 heavy (non-hydrogen) atoms. The van der Waals surface area contributed by atoms with E-state index in [4.69, 9.17) is 5.11 Å². The van der Waals surface area contributed by atoms with Crippen molar-refractivity contribution < 1.29 is 14.7 Å². The summed E-state index contributed by atoms with van der Waals surface area (Å²) < 4.78 is 0. The third-order valence-electron chi connectivity index (χ3n) is 5.64. The van der Waals surface area contributed by atoms with Crippen molar-refractivity contribution in [2.45, 2.75) is 51.1 Å².